The van der Waals surface area contributed by atoms with Crippen molar-refractivity contribution in [1.29, 1.82) is 0 Å². The number of thiophene rings is 1. The zero-order valence-electron chi connectivity index (χ0n) is 14.4. The van der Waals surface area contributed by atoms with Crippen molar-refractivity contribution in [3.8, 4) is 10.4 Å². The van der Waals surface area contributed by atoms with Crippen LogP contribution in [0.3, 0.4) is 0 Å². The highest BCUT2D eigenvalue weighted by atomic mass is 32.1. The Labute approximate surface area is 156 Å². The van der Waals surface area contributed by atoms with Gasteiger partial charge in [0.2, 0.25) is 0 Å². The van der Waals surface area contributed by atoms with Crippen LogP contribution in [0.5, 0.6) is 0 Å². The molecule has 1 aliphatic heterocycles. The fraction of sp³-hybridized carbons (Fsp3) is 0.250. The summed E-state index contributed by atoms with van der Waals surface area (Å²) in [5.41, 5.74) is 1.69. The Morgan fingerprint density at radius 2 is 1.81 bits per heavy atom. The highest BCUT2D eigenvalue weighted by molar-refractivity contribution is 7.15. The number of nitrogens with zero attached hydrogens (tertiary/aromatic N) is 4. The number of hydrogen-bond acceptors (Lipinski definition) is 5. The summed E-state index contributed by atoms with van der Waals surface area (Å²) in [6, 6.07) is 14.9. The summed E-state index contributed by atoms with van der Waals surface area (Å²) < 4.78 is 0. The summed E-state index contributed by atoms with van der Waals surface area (Å²) in [4.78, 5) is 27.4. The number of benzene rings is 1. The zero-order valence-corrected chi connectivity index (χ0v) is 15.2. The standard InChI is InChI=1S/C20H20N4OS/c25-20(18-14-21-8-9-22-18)24-12-10-23(11-13-24)15-17-6-7-19(26-17)16-4-2-1-3-5-16/h1-9,14H,10-13,15H2. The van der Waals surface area contributed by atoms with E-state index in [0.29, 0.717) is 5.69 Å². The van der Waals surface area contributed by atoms with Crippen molar-refractivity contribution in [2.75, 3.05) is 26.2 Å². The fourth-order valence-electron chi connectivity index (χ4n) is 3.12. The van der Waals surface area contributed by atoms with E-state index < -0.39 is 0 Å². The van der Waals surface area contributed by atoms with Crippen LogP contribution in [0.15, 0.2) is 61.1 Å². The molecule has 3 aromatic rings. The van der Waals surface area contributed by atoms with E-state index in [2.05, 4.69) is 51.3 Å². The van der Waals surface area contributed by atoms with Crippen molar-refractivity contribution >= 4 is 17.2 Å². The van der Waals surface area contributed by atoms with E-state index in [-0.39, 0.29) is 5.91 Å². The molecule has 0 bridgehead atoms. The normalized spacial score (nSPS) is 15.2. The monoisotopic (exact) mass is 364 g/mol. The molecule has 6 heteroatoms. The first-order valence-corrected chi connectivity index (χ1v) is 9.53. The number of carbonyl (C=O) groups is 1. The quantitative estimate of drug-likeness (QED) is 0.714. The molecule has 1 aromatic carbocycles. The van der Waals surface area contributed by atoms with Crippen LogP contribution < -0.4 is 0 Å². The van der Waals surface area contributed by atoms with Crippen molar-refractivity contribution in [2.24, 2.45) is 0 Å². The molecule has 0 radical (unpaired) electrons. The van der Waals surface area contributed by atoms with Gasteiger partial charge in [-0.3, -0.25) is 14.7 Å². The number of aromatic nitrogens is 2. The van der Waals surface area contributed by atoms with Crippen molar-refractivity contribution in [2.45, 2.75) is 6.54 Å². The van der Waals surface area contributed by atoms with E-state index in [4.69, 9.17) is 0 Å². The van der Waals surface area contributed by atoms with Crippen LogP contribution in [0.4, 0.5) is 0 Å². The van der Waals surface area contributed by atoms with E-state index in [9.17, 15) is 4.79 Å². The van der Waals surface area contributed by atoms with Gasteiger partial charge < -0.3 is 4.90 Å². The van der Waals surface area contributed by atoms with Crippen LogP contribution in [0.2, 0.25) is 0 Å². The van der Waals surface area contributed by atoms with Crippen LogP contribution in [0.25, 0.3) is 10.4 Å². The van der Waals surface area contributed by atoms with E-state index in [1.165, 1.54) is 21.5 Å². The van der Waals surface area contributed by atoms with Gasteiger partial charge in [-0.05, 0) is 17.7 Å². The second kappa shape index (κ2) is 7.76. The predicted octanol–water partition coefficient (Wildman–Crippen LogP) is 3.16. The summed E-state index contributed by atoms with van der Waals surface area (Å²) in [5.74, 6) is -0.0276. The summed E-state index contributed by atoms with van der Waals surface area (Å²) in [5, 5.41) is 0. The molecule has 1 amide bonds. The molecule has 3 heterocycles. The van der Waals surface area contributed by atoms with E-state index in [1.54, 1.807) is 12.4 Å². The molecule has 1 fully saturated rings. The van der Waals surface area contributed by atoms with Crippen molar-refractivity contribution in [3.05, 3.63) is 71.6 Å². The Hall–Kier alpha value is -2.57. The topological polar surface area (TPSA) is 49.3 Å². The molecule has 0 unspecified atom stereocenters. The third kappa shape index (κ3) is 3.81. The highest BCUT2D eigenvalue weighted by Crippen LogP contribution is 2.28. The van der Waals surface area contributed by atoms with E-state index in [1.807, 2.05) is 22.3 Å². The molecule has 0 atom stereocenters. The minimum atomic E-state index is -0.0276. The molecule has 132 valence electrons. The lowest BCUT2D eigenvalue weighted by atomic mass is 10.2. The Bertz CT molecular complexity index is 858. The molecule has 0 spiro atoms. The lowest BCUT2D eigenvalue weighted by Crippen LogP contribution is -2.48. The van der Waals surface area contributed by atoms with Gasteiger partial charge in [-0.25, -0.2) is 4.98 Å². The van der Waals surface area contributed by atoms with Crippen LogP contribution in [-0.2, 0) is 6.54 Å². The molecular formula is C20H20N4OS. The molecule has 1 saturated heterocycles. The summed E-state index contributed by atoms with van der Waals surface area (Å²) in [6.07, 6.45) is 4.68. The van der Waals surface area contributed by atoms with Gasteiger partial charge in [0.1, 0.15) is 5.69 Å². The number of piperazine rings is 1. The molecule has 0 N–H and O–H groups in total. The van der Waals surface area contributed by atoms with Crippen molar-refractivity contribution in [3.63, 3.8) is 0 Å². The molecule has 1 aliphatic rings. The molecule has 4 rings (SSSR count). The average molecular weight is 364 g/mol. The first-order valence-electron chi connectivity index (χ1n) is 8.71. The fourth-order valence-corrected chi connectivity index (χ4v) is 4.18. The first-order chi connectivity index (χ1) is 12.8. The second-order valence-electron chi connectivity index (χ2n) is 6.29. The Balaban J connectivity index is 1.33. The van der Waals surface area contributed by atoms with Gasteiger partial charge in [-0.1, -0.05) is 30.3 Å². The van der Waals surface area contributed by atoms with Gasteiger partial charge in [-0.2, -0.15) is 0 Å². The summed E-state index contributed by atoms with van der Waals surface area (Å²) >= 11 is 1.84. The van der Waals surface area contributed by atoms with Gasteiger partial charge >= 0.3 is 0 Å². The zero-order chi connectivity index (χ0) is 17.8. The number of carbonyl (C=O) groups excluding carboxylic acids is 1. The lowest BCUT2D eigenvalue weighted by molar-refractivity contribution is 0.0623. The van der Waals surface area contributed by atoms with Crippen LogP contribution >= 0.6 is 11.3 Å². The third-order valence-corrected chi connectivity index (χ3v) is 5.66. The summed E-state index contributed by atoms with van der Waals surface area (Å²) in [6.45, 7) is 4.15. The smallest absolute Gasteiger partial charge is 0.274 e. The van der Waals surface area contributed by atoms with Crippen LogP contribution in [0.1, 0.15) is 15.4 Å². The van der Waals surface area contributed by atoms with Crippen molar-refractivity contribution in [1.82, 2.24) is 19.8 Å². The van der Waals surface area contributed by atoms with Gasteiger partial charge in [0.25, 0.3) is 5.91 Å². The maximum Gasteiger partial charge on any atom is 0.274 e. The number of amides is 1. The Kier molecular flexibility index (Phi) is 5.04. The largest absolute Gasteiger partial charge is 0.335 e. The minimum absolute atomic E-state index is 0.0276. The van der Waals surface area contributed by atoms with Crippen LogP contribution in [-0.4, -0.2) is 51.9 Å². The molecule has 0 saturated carbocycles. The Morgan fingerprint density at radius 3 is 2.54 bits per heavy atom. The van der Waals surface area contributed by atoms with E-state index >= 15 is 0 Å². The minimum Gasteiger partial charge on any atom is -0.335 e. The van der Waals surface area contributed by atoms with Gasteiger partial charge in [0.05, 0.1) is 6.20 Å². The number of hydrogen-bond donors (Lipinski definition) is 0. The summed E-state index contributed by atoms with van der Waals surface area (Å²) in [7, 11) is 0. The lowest BCUT2D eigenvalue weighted by Gasteiger charge is -2.34. The number of rotatable bonds is 4. The molecule has 26 heavy (non-hydrogen) atoms. The van der Waals surface area contributed by atoms with Crippen molar-refractivity contribution < 1.29 is 4.79 Å². The van der Waals surface area contributed by atoms with E-state index in [0.717, 1.165) is 32.7 Å². The van der Waals surface area contributed by atoms with Gasteiger partial charge in [-0.15, -0.1) is 11.3 Å². The maximum atomic E-state index is 12.4. The van der Waals surface area contributed by atoms with Gasteiger partial charge in [0, 0.05) is 54.9 Å². The molecule has 0 aliphatic carbocycles. The molecular weight excluding hydrogens is 344 g/mol. The van der Waals surface area contributed by atoms with Crippen LogP contribution in [0, 0.1) is 0 Å². The van der Waals surface area contributed by atoms with Gasteiger partial charge in [0.15, 0.2) is 0 Å². The maximum absolute atomic E-state index is 12.4. The molecule has 2 aromatic heterocycles. The average Bonchev–Trinajstić information content (AvgIpc) is 3.18. The SMILES string of the molecule is O=C(c1cnccn1)N1CCN(Cc2ccc(-c3ccccc3)s2)CC1. The first kappa shape index (κ1) is 16.9. The Morgan fingerprint density at radius 1 is 1.00 bits per heavy atom. The second-order valence-corrected chi connectivity index (χ2v) is 7.46. The predicted molar refractivity (Wildman–Crippen MR) is 103 cm³/mol. The third-order valence-electron chi connectivity index (χ3n) is 4.54. The highest BCUT2D eigenvalue weighted by Gasteiger charge is 2.23. The molecule has 5 nitrogen and oxygen atoms in total.